The van der Waals surface area contributed by atoms with Gasteiger partial charge in [-0.1, -0.05) is 24.8 Å². The summed E-state index contributed by atoms with van der Waals surface area (Å²) in [5, 5.41) is 9.02. The summed E-state index contributed by atoms with van der Waals surface area (Å²) >= 11 is 0. The van der Waals surface area contributed by atoms with Crippen LogP contribution in [-0.2, 0) is 16.1 Å². The molecule has 1 amide bonds. The molecule has 0 aliphatic rings. The largest absolute Gasteiger partial charge is 0.480 e. The number of aliphatic carboxylic acids is 1. The molecule has 0 aliphatic carbocycles. The number of rotatable bonds is 6. The van der Waals surface area contributed by atoms with Gasteiger partial charge in [0.15, 0.2) is 0 Å². The monoisotopic (exact) mass is 281 g/mol. The van der Waals surface area contributed by atoms with Gasteiger partial charge >= 0.3 is 12.1 Å². The predicted molar refractivity (Wildman–Crippen MR) is 70.6 cm³/mol. The first-order chi connectivity index (χ1) is 9.45. The van der Waals surface area contributed by atoms with Crippen molar-refractivity contribution in [1.82, 2.24) is 4.90 Å². The number of nitrogens with zero attached hydrogens (tertiary/aromatic N) is 1. The fourth-order valence-corrected chi connectivity index (χ4v) is 1.54. The first-order valence-corrected chi connectivity index (χ1v) is 5.97. The van der Waals surface area contributed by atoms with Crippen LogP contribution in [-0.4, -0.2) is 34.7 Å². The topological polar surface area (TPSA) is 66.8 Å². The van der Waals surface area contributed by atoms with Gasteiger partial charge in [0.2, 0.25) is 0 Å². The van der Waals surface area contributed by atoms with Gasteiger partial charge in [-0.2, -0.15) is 0 Å². The highest BCUT2D eigenvalue weighted by atomic mass is 19.1. The van der Waals surface area contributed by atoms with Gasteiger partial charge in [-0.25, -0.2) is 14.0 Å². The van der Waals surface area contributed by atoms with Gasteiger partial charge in [-0.3, -0.25) is 4.90 Å². The summed E-state index contributed by atoms with van der Waals surface area (Å²) < 4.78 is 18.0. The number of carbonyl (C=O) groups excluding carboxylic acids is 1. The predicted octanol–water partition coefficient (Wildman–Crippen LogP) is 2.42. The summed E-state index contributed by atoms with van der Waals surface area (Å²) in [5.41, 5.74) is 0.480. The summed E-state index contributed by atoms with van der Waals surface area (Å²) in [6.45, 7) is 4.69. The number of carbonyl (C=O) groups is 2. The summed E-state index contributed by atoms with van der Waals surface area (Å²) in [6.07, 6.45) is 0.591. The fraction of sp³-hybridized carbons (Fsp3) is 0.286. The molecule has 1 aromatic rings. The van der Waals surface area contributed by atoms with E-state index in [0.717, 1.165) is 4.90 Å². The van der Waals surface area contributed by atoms with Crippen LogP contribution in [0.1, 0.15) is 12.5 Å². The third-order valence-electron chi connectivity index (χ3n) is 2.63. The Hall–Kier alpha value is -2.37. The first-order valence-electron chi connectivity index (χ1n) is 5.97. The third kappa shape index (κ3) is 4.38. The first kappa shape index (κ1) is 15.7. The summed E-state index contributed by atoms with van der Waals surface area (Å²) in [7, 11) is 0. The molecule has 0 saturated heterocycles. The maximum atomic E-state index is 13.1. The number of carboxylic acid groups (broad SMARTS) is 1. The van der Waals surface area contributed by atoms with Crippen molar-refractivity contribution in [3.05, 3.63) is 48.3 Å². The van der Waals surface area contributed by atoms with Gasteiger partial charge < -0.3 is 9.84 Å². The Kier molecular flexibility index (Phi) is 5.71. The molecule has 1 N–H and O–H groups in total. The van der Waals surface area contributed by atoms with Crippen LogP contribution in [0.3, 0.4) is 0 Å². The molecule has 1 aromatic carbocycles. The molecule has 1 unspecified atom stereocenters. The summed E-state index contributed by atoms with van der Waals surface area (Å²) in [6, 6.07) is 4.51. The molecule has 0 aliphatic heterocycles. The van der Waals surface area contributed by atoms with Gasteiger partial charge in [0.25, 0.3) is 0 Å². The molecule has 20 heavy (non-hydrogen) atoms. The van der Waals surface area contributed by atoms with Crippen molar-refractivity contribution in [2.75, 3.05) is 6.61 Å². The molecule has 0 heterocycles. The second kappa shape index (κ2) is 7.28. The van der Waals surface area contributed by atoms with Crippen molar-refractivity contribution in [2.45, 2.75) is 19.5 Å². The lowest BCUT2D eigenvalue weighted by Crippen LogP contribution is -2.43. The lowest BCUT2D eigenvalue weighted by atomic mass is 10.2. The number of carboxylic acids is 1. The minimum Gasteiger partial charge on any atom is -0.480 e. The average molecular weight is 281 g/mol. The van der Waals surface area contributed by atoms with Crippen LogP contribution in [0.15, 0.2) is 36.9 Å². The van der Waals surface area contributed by atoms with Gasteiger partial charge in [-0.05, 0) is 24.6 Å². The zero-order chi connectivity index (χ0) is 15.1. The van der Waals surface area contributed by atoms with Gasteiger partial charge in [0.1, 0.15) is 18.5 Å². The van der Waals surface area contributed by atoms with Crippen LogP contribution in [0.4, 0.5) is 9.18 Å². The molecule has 108 valence electrons. The number of halogens is 1. The number of hydrogen-bond donors (Lipinski definition) is 1. The maximum absolute atomic E-state index is 13.1. The quantitative estimate of drug-likeness (QED) is 0.813. The van der Waals surface area contributed by atoms with E-state index in [1.165, 1.54) is 31.2 Å². The van der Waals surface area contributed by atoms with Crippen LogP contribution in [0.2, 0.25) is 0 Å². The highest BCUT2D eigenvalue weighted by molar-refractivity contribution is 5.79. The summed E-state index contributed by atoms with van der Waals surface area (Å²) in [4.78, 5) is 23.9. The molecular formula is C14H16FNO4. The molecule has 1 rings (SSSR count). The van der Waals surface area contributed by atoms with Crippen molar-refractivity contribution in [3.8, 4) is 0 Å². The van der Waals surface area contributed by atoms with Gasteiger partial charge in [-0.15, -0.1) is 0 Å². The number of amides is 1. The Morgan fingerprint density at radius 2 is 2.25 bits per heavy atom. The van der Waals surface area contributed by atoms with E-state index < -0.39 is 23.9 Å². The third-order valence-corrected chi connectivity index (χ3v) is 2.63. The maximum Gasteiger partial charge on any atom is 0.411 e. The molecule has 1 atom stereocenters. The molecule has 0 saturated carbocycles. The number of ether oxygens (including phenoxy) is 1. The van der Waals surface area contributed by atoms with Crippen molar-refractivity contribution < 1.29 is 23.8 Å². The fourth-order valence-electron chi connectivity index (χ4n) is 1.54. The molecule has 0 bridgehead atoms. The summed E-state index contributed by atoms with van der Waals surface area (Å²) in [5.74, 6) is -1.62. The highest BCUT2D eigenvalue weighted by Gasteiger charge is 2.26. The molecule has 0 fully saturated rings. The van der Waals surface area contributed by atoms with E-state index in [0.29, 0.717) is 5.56 Å². The van der Waals surface area contributed by atoms with E-state index in [1.54, 1.807) is 6.07 Å². The van der Waals surface area contributed by atoms with Gasteiger partial charge in [0.05, 0.1) is 6.54 Å². The standard InChI is InChI=1S/C14H16FNO4/c1-3-7-20-14(19)16(10(2)13(17)18)9-11-5-4-6-12(15)8-11/h3-6,8,10H,1,7,9H2,2H3,(H,17,18). The van der Waals surface area contributed by atoms with Crippen LogP contribution in [0, 0.1) is 5.82 Å². The van der Waals surface area contributed by atoms with Crippen molar-refractivity contribution in [3.63, 3.8) is 0 Å². The van der Waals surface area contributed by atoms with E-state index in [-0.39, 0.29) is 13.2 Å². The molecule has 0 radical (unpaired) electrons. The van der Waals surface area contributed by atoms with Crippen molar-refractivity contribution >= 4 is 12.1 Å². The molecule has 0 aromatic heterocycles. The van der Waals surface area contributed by atoms with Gasteiger partial charge in [0, 0.05) is 0 Å². The molecule has 5 nitrogen and oxygen atoms in total. The Morgan fingerprint density at radius 1 is 1.55 bits per heavy atom. The van der Waals surface area contributed by atoms with Crippen molar-refractivity contribution in [1.29, 1.82) is 0 Å². The minimum atomic E-state index is -1.17. The zero-order valence-corrected chi connectivity index (χ0v) is 11.1. The SMILES string of the molecule is C=CCOC(=O)N(Cc1cccc(F)c1)C(C)C(=O)O. The second-order valence-corrected chi connectivity index (χ2v) is 4.14. The number of hydrogen-bond acceptors (Lipinski definition) is 3. The Labute approximate surface area is 116 Å². The van der Waals surface area contributed by atoms with Crippen LogP contribution >= 0.6 is 0 Å². The second-order valence-electron chi connectivity index (χ2n) is 4.14. The van der Waals surface area contributed by atoms with Crippen LogP contribution in [0.25, 0.3) is 0 Å². The molecular weight excluding hydrogens is 265 g/mol. The van der Waals surface area contributed by atoms with Crippen LogP contribution < -0.4 is 0 Å². The van der Waals surface area contributed by atoms with Crippen LogP contribution in [0.5, 0.6) is 0 Å². The van der Waals surface area contributed by atoms with Crippen molar-refractivity contribution in [2.24, 2.45) is 0 Å². The smallest absolute Gasteiger partial charge is 0.411 e. The zero-order valence-electron chi connectivity index (χ0n) is 11.1. The lowest BCUT2D eigenvalue weighted by Gasteiger charge is -2.25. The van der Waals surface area contributed by atoms with E-state index in [4.69, 9.17) is 9.84 Å². The van der Waals surface area contributed by atoms with E-state index in [1.807, 2.05) is 0 Å². The Morgan fingerprint density at radius 3 is 2.80 bits per heavy atom. The highest BCUT2D eigenvalue weighted by Crippen LogP contribution is 2.12. The molecule has 6 heteroatoms. The van der Waals surface area contributed by atoms with E-state index >= 15 is 0 Å². The average Bonchev–Trinajstić information content (AvgIpc) is 2.41. The van der Waals surface area contributed by atoms with E-state index in [9.17, 15) is 14.0 Å². The van der Waals surface area contributed by atoms with E-state index in [2.05, 4.69) is 6.58 Å². The lowest BCUT2D eigenvalue weighted by molar-refractivity contribution is -0.142. The Balaban J connectivity index is 2.89. The minimum absolute atomic E-state index is 0.0230. The normalized spacial score (nSPS) is 11.5. The Bertz CT molecular complexity index is 504. The molecule has 0 spiro atoms. The number of benzene rings is 1.